The molecule has 0 saturated carbocycles. The lowest BCUT2D eigenvalue weighted by Gasteiger charge is -2.18. The normalized spacial score (nSPS) is 15.5. The molecule has 0 fully saturated rings. The average molecular weight is 297 g/mol. The Balaban J connectivity index is 2.81. The van der Waals surface area contributed by atoms with Gasteiger partial charge in [0.05, 0.1) is 0 Å². The van der Waals surface area contributed by atoms with Crippen LogP contribution < -0.4 is 4.52 Å². The molecule has 9 heteroatoms. The quantitative estimate of drug-likeness (QED) is 0.820. The number of hydrogen-bond acceptors (Lipinski definition) is 5. The van der Waals surface area contributed by atoms with Crippen LogP contribution in [0.3, 0.4) is 0 Å². The van der Waals surface area contributed by atoms with Crippen molar-refractivity contribution in [2.24, 2.45) is 0 Å². The molecule has 0 aliphatic carbocycles. The Labute approximate surface area is 105 Å². The van der Waals surface area contributed by atoms with Gasteiger partial charge >= 0.3 is 17.0 Å². The molecule has 1 aromatic rings. The van der Waals surface area contributed by atoms with Gasteiger partial charge in [0.25, 0.3) is 0 Å². The zero-order valence-electron chi connectivity index (χ0n) is 9.18. The molecule has 1 N–H and O–H groups in total. The highest BCUT2D eigenvalue weighted by molar-refractivity contribution is 8.10. The maximum atomic E-state index is 11.4. The molecule has 0 aromatic heterocycles. The van der Waals surface area contributed by atoms with Gasteiger partial charge in [0.15, 0.2) is 0 Å². The summed E-state index contributed by atoms with van der Waals surface area (Å²) in [6.45, 7) is -3.89. The van der Waals surface area contributed by atoms with Crippen molar-refractivity contribution in [1.29, 1.82) is 0 Å². The van der Waals surface area contributed by atoms with Crippen molar-refractivity contribution in [2.45, 2.75) is 0 Å². The molecule has 17 heavy (non-hydrogen) atoms. The summed E-state index contributed by atoms with van der Waals surface area (Å²) in [5.41, 5.74) is 0. The van der Waals surface area contributed by atoms with E-state index in [-0.39, 0.29) is 5.75 Å². The molecule has 0 aliphatic heterocycles. The standard InChI is InChI=1S/C8H12NO5PS2/c1-9(2)17(11,12)14-15(10,16)13-8-6-4-3-5-7-8/h3-7H,1-2H3,(H,10,16). The van der Waals surface area contributed by atoms with Gasteiger partial charge in [-0.15, -0.1) is 0 Å². The van der Waals surface area contributed by atoms with Gasteiger partial charge in [-0.05, 0) is 12.1 Å². The smallest absolute Gasteiger partial charge is 0.393 e. The Morgan fingerprint density at radius 1 is 1.29 bits per heavy atom. The molecule has 6 nitrogen and oxygen atoms in total. The highest BCUT2D eigenvalue weighted by atomic mass is 32.5. The first-order valence-electron chi connectivity index (χ1n) is 4.44. The Bertz CT molecular complexity index is 516. The fraction of sp³-hybridized carbons (Fsp3) is 0.250. The van der Waals surface area contributed by atoms with Crippen LogP contribution in [0.2, 0.25) is 0 Å². The van der Waals surface area contributed by atoms with E-state index in [0.29, 0.717) is 0 Å². The van der Waals surface area contributed by atoms with Crippen molar-refractivity contribution in [2.75, 3.05) is 14.1 Å². The molecule has 0 saturated heterocycles. The Kier molecular flexibility index (Phi) is 4.65. The molecule has 96 valence electrons. The van der Waals surface area contributed by atoms with E-state index in [1.54, 1.807) is 18.2 Å². The van der Waals surface area contributed by atoms with E-state index in [4.69, 9.17) is 4.52 Å². The van der Waals surface area contributed by atoms with Gasteiger partial charge < -0.3 is 9.42 Å². The summed E-state index contributed by atoms with van der Waals surface area (Å²) in [7, 11) is -1.56. The van der Waals surface area contributed by atoms with Crippen LogP contribution in [0.5, 0.6) is 5.75 Å². The van der Waals surface area contributed by atoms with E-state index >= 15 is 0 Å². The maximum absolute atomic E-state index is 11.4. The van der Waals surface area contributed by atoms with Crippen molar-refractivity contribution in [3.63, 3.8) is 0 Å². The Hall–Kier alpha value is -0.500. The van der Waals surface area contributed by atoms with Crippen LogP contribution in [0.15, 0.2) is 30.3 Å². The summed E-state index contributed by atoms with van der Waals surface area (Å²) in [5, 5.41) is 0. The second-order valence-corrected chi connectivity index (χ2v) is 7.87. The van der Waals surface area contributed by atoms with Gasteiger partial charge in [0.1, 0.15) is 5.75 Å². The van der Waals surface area contributed by atoms with Crippen LogP contribution >= 0.6 is 6.72 Å². The summed E-state index contributed by atoms with van der Waals surface area (Å²) in [6, 6.07) is 8.12. The second-order valence-electron chi connectivity index (χ2n) is 3.19. The SMILES string of the molecule is CN(C)S(=O)(=O)OP(O)(=S)Oc1ccccc1. The monoisotopic (exact) mass is 297 g/mol. The van der Waals surface area contributed by atoms with Crippen molar-refractivity contribution >= 4 is 28.8 Å². The third-order valence-electron chi connectivity index (χ3n) is 1.60. The minimum atomic E-state index is -4.07. The van der Waals surface area contributed by atoms with Gasteiger partial charge in [-0.2, -0.15) is 16.7 Å². The largest absolute Gasteiger partial charge is 0.424 e. The van der Waals surface area contributed by atoms with Gasteiger partial charge in [-0.25, -0.2) is 0 Å². The Morgan fingerprint density at radius 2 is 1.82 bits per heavy atom. The van der Waals surface area contributed by atoms with Gasteiger partial charge in [-0.1, -0.05) is 18.2 Å². The summed E-state index contributed by atoms with van der Waals surface area (Å²) >= 11 is 4.61. The van der Waals surface area contributed by atoms with Crippen LogP contribution in [0.25, 0.3) is 0 Å². The lowest BCUT2D eigenvalue weighted by Crippen LogP contribution is -2.24. The molecular formula is C8H12NO5PS2. The summed E-state index contributed by atoms with van der Waals surface area (Å²) in [4.78, 5) is 9.63. The van der Waals surface area contributed by atoms with E-state index in [1.807, 2.05) is 0 Å². The predicted octanol–water partition coefficient (Wildman–Crippen LogP) is 1.11. The number of hydrogen-bond donors (Lipinski definition) is 1. The molecule has 0 aliphatic rings. The third-order valence-corrected chi connectivity index (χ3v) is 5.21. The minimum Gasteiger partial charge on any atom is -0.424 e. The second kappa shape index (κ2) is 5.43. The molecule has 0 bridgehead atoms. The van der Waals surface area contributed by atoms with Crippen LogP contribution in [-0.2, 0) is 26.1 Å². The molecule has 0 radical (unpaired) electrons. The summed E-state index contributed by atoms with van der Waals surface area (Å²) < 4.78 is 32.9. The molecule has 0 amide bonds. The Morgan fingerprint density at radius 3 is 2.29 bits per heavy atom. The van der Waals surface area contributed by atoms with Crippen LogP contribution in [0, 0.1) is 0 Å². The van der Waals surface area contributed by atoms with E-state index in [2.05, 4.69) is 15.8 Å². The van der Waals surface area contributed by atoms with Crippen LogP contribution in [0.4, 0.5) is 0 Å². The number of benzene rings is 1. The van der Waals surface area contributed by atoms with Crippen molar-refractivity contribution in [3.8, 4) is 5.75 Å². The van der Waals surface area contributed by atoms with Crippen LogP contribution in [-0.4, -0.2) is 31.7 Å². The highest BCUT2D eigenvalue weighted by Gasteiger charge is 2.28. The third kappa shape index (κ3) is 4.71. The van der Waals surface area contributed by atoms with Gasteiger partial charge in [0, 0.05) is 25.9 Å². The zero-order chi connectivity index (χ0) is 13.1. The fourth-order valence-electron chi connectivity index (χ4n) is 0.815. The number of para-hydroxylation sites is 1. The fourth-order valence-corrected chi connectivity index (χ4v) is 3.76. The topological polar surface area (TPSA) is 76.1 Å². The van der Waals surface area contributed by atoms with Crippen molar-refractivity contribution < 1.29 is 21.8 Å². The van der Waals surface area contributed by atoms with Crippen molar-refractivity contribution in [1.82, 2.24) is 4.31 Å². The van der Waals surface area contributed by atoms with Gasteiger partial charge in [0.2, 0.25) is 0 Å². The molecule has 0 heterocycles. The first-order chi connectivity index (χ1) is 7.73. The number of nitrogens with zero attached hydrogens (tertiary/aromatic N) is 1. The van der Waals surface area contributed by atoms with E-state index in [9.17, 15) is 13.3 Å². The average Bonchev–Trinajstić information content (AvgIpc) is 2.16. The summed E-state index contributed by atoms with van der Waals surface area (Å²) in [5.74, 6) is 0.243. The molecular weight excluding hydrogens is 285 g/mol. The molecule has 0 spiro atoms. The number of rotatable bonds is 5. The lowest BCUT2D eigenvalue weighted by molar-refractivity contribution is 0.353. The zero-order valence-corrected chi connectivity index (χ0v) is 11.7. The molecule has 1 atom stereocenters. The highest BCUT2D eigenvalue weighted by Crippen LogP contribution is 2.46. The van der Waals surface area contributed by atoms with Crippen molar-refractivity contribution in [3.05, 3.63) is 30.3 Å². The van der Waals surface area contributed by atoms with Gasteiger partial charge in [-0.3, -0.25) is 0 Å². The lowest BCUT2D eigenvalue weighted by atomic mass is 10.3. The first-order valence-corrected chi connectivity index (χ1v) is 8.40. The minimum absolute atomic E-state index is 0.243. The van der Waals surface area contributed by atoms with E-state index in [1.165, 1.54) is 26.2 Å². The molecule has 1 aromatic carbocycles. The van der Waals surface area contributed by atoms with E-state index < -0.39 is 17.0 Å². The van der Waals surface area contributed by atoms with E-state index in [0.717, 1.165) is 4.31 Å². The summed E-state index contributed by atoms with van der Waals surface area (Å²) in [6.07, 6.45) is 0. The van der Waals surface area contributed by atoms with Crippen LogP contribution in [0.1, 0.15) is 0 Å². The maximum Gasteiger partial charge on any atom is 0.393 e. The molecule has 1 rings (SSSR count). The molecule has 1 unspecified atom stereocenters. The predicted molar refractivity (Wildman–Crippen MR) is 67.3 cm³/mol. The first kappa shape index (κ1) is 14.6.